The summed E-state index contributed by atoms with van der Waals surface area (Å²) in [6.07, 6.45) is 4.45. The van der Waals surface area contributed by atoms with Crippen LogP contribution < -0.4 is 4.90 Å². The number of nitrogens with zero attached hydrogens (tertiary/aromatic N) is 3. The van der Waals surface area contributed by atoms with Crippen molar-refractivity contribution in [1.82, 2.24) is 10.2 Å². The summed E-state index contributed by atoms with van der Waals surface area (Å²) in [7, 11) is 0. The predicted molar refractivity (Wildman–Crippen MR) is 68.0 cm³/mol. The molecule has 0 radical (unpaired) electrons. The molecule has 1 spiro atoms. The predicted octanol–water partition coefficient (Wildman–Crippen LogP) is 1.76. The highest BCUT2D eigenvalue weighted by molar-refractivity contribution is 7.15. The topological polar surface area (TPSA) is 47.5 Å². The van der Waals surface area contributed by atoms with Gasteiger partial charge in [-0.2, -0.15) is 0 Å². The molecule has 1 saturated carbocycles. The van der Waals surface area contributed by atoms with Gasteiger partial charge in [0, 0.05) is 31.8 Å². The van der Waals surface area contributed by atoms with Gasteiger partial charge in [-0.05, 0) is 12.8 Å². The van der Waals surface area contributed by atoms with E-state index in [0.717, 1.165) is 44.3 Å². The van der Waals surface area contributed by atoms with Crippen LogP contribution in [0.3, 0.4) is 0 Å². The average Bonchev–Trinajstić information content (AvgIpc) is 2.97. The Labute approximate surface area is 110 Å². The van der Waals surface area contributed by atoms with Crippen molar-refractivity contribution in [2.45, 2.75) is 37.4 Å². The third kappa shape index (κ3) is 1.92. The second-order valence-electron chi connectivity index (χ2n) is 5.29. The second kappa shape index (κ2) is 4.15. The summed E-state index contributed by atoms with van der Waals surface area (Å²) in [5, 5.41) is 10.9. The van der Waals surface area contributed by atoms with Crippen molar-refractivity contribution in [2.24, 2.45) is 0 Å². The Morgan fingerprint density at radius 1 is 1.11 bits per heavy atom. The molecule has 1 aromatic rings. The molecule has 1 aliphatic carbocycles. The molecule has 0 N–H and O–H groups in total. The first kappa shape index (κ1) is 11.1. The van der Waals surface area contributed by atoms with Crippen LogP contribution in [0.15, 0.2) is 0 Å². The highest BCUT2D eigenvalue weighted by Gasteiger charge is 2.40. The van der Waals surface area contributed by atoms with Gasteiger partial charge in [0.15, 0.2) is 5.79 Å². The summed E-state index contributed by atoms with van der Waals surface area (Å²) >= 11 is 1.76. The van der Waals surface area contributed by atoms with Crippen molar-refractivity contribution in [2.75, 3.05) is 31.2 Å². The third-order valence-electron chi connectivity index (χ3n) is 3.97. The maximum atomic E-state index is 5.74. The van der Waals surface area contributed by atoms with E-state index in [-0.39, 0.29) is 5.79 Å². The molecule has 1 aromatic heterocycles. The zero-order valence-corrected chi connectivity index (χ0v) is 11.1. The zero-order chi connectivity index (χ0) is 12.0. The van der Waals surface area contributed by atoms with E-state index in [4.69, 9.17) is 9.47 Å². The lowest BCUT2D eigenvalue weighted by molar-refractivity contribution is -0.169. The van der Waals surface area contributed by atoms with Gasteiger partial charge in [-0.15, -0.1) is 10.2 Å². The van der Waals surface area contributed by atoms with Crippen LogP contribution >= 0.6 is 11.3 Å². The minimum absolute atomic E-state index is 0.291. The van der Waals surface area contributed by atoms with Crippen LogP contribution in [-0.4, -0.2) is 42.3 Å². The normalized spacial score (nSPS) is 27.0. The molecule has 0 unspecified atom stereocenters. The highest BCUT2D eigenvalue weighted by atomic mass is 32.1. The van der Waals surface area contributed by atoms with Gasteiger partial charge in [0.05, 0.1) is 13.2 Å². The fourth-order valence-corrected chi connectivity index (χ4v) is 3.74. The summed E-state index contributed by atoms with van der Waals surface area (Å²) in [6, 6.07) is 0. The van der Waals surface area contributed by atoms with Crippen molar-refractivity contribution in [1.29, 1.82) is 0 Å². The molecule has 2 saturated heterocycles. The number of aromatic nitrogens is 2. The van der Waals surface area contributed by atoms with Crippen LogP contribution in [-0.2, 0) is 9.47 Å². The molecule has 0 aromatic carbocycles. The van der Waals surface area contributed by atoms with Gasteiger partial charge in [-0.25, -0.2) is 0 Å². The van der Waals surface area contributed by atoms with Crippen LogP contribution in [0, 0.1) is 0 Å². The van der Waals surface area contributed by atoms with Crippen molar-refractivity contribution in [3.05, 3.63) is 5.01 Å². The number of ether oxygens (including phenoxy) is 2. The van der Waals surface area contributed by atoms with E-state index in [0.29, 0.717) is 5.92 Å². The molecule has 98 valence electrons. The van der Waals surface area contributed by atoms with Gasteiger partial charge in [0.1, 0.15) is 5.01 Å². The van der Waals surface area contributed by atoms with Gasteiger partial charge in [0.2, 0.25) is 5.13 Å². The van der Waals surface area contributed by atoms with Crippen LogP contribution in [0.5, 0.6) is 0 Å². The van der Waals surface area contributed by atoms with E-state index in [2.05, 4.69) is 15.1 Å². The summed E-state index contributed by atoms with van der Waals surface area (Å²) < 4.78 is 11.5. The van der Waals surface area contributed by atoms with Gasteiger partial charge in [-0.1, -0.05) is 11.3 Å². The van der Waals surface area contributed by atoms with E-state index in [1.54, 1.807) is 11.3 Å². The smallest absolute Gasteiger partial charge is 0.208 e. The first-order chi connectivity index (χ1) is 8.85. The summed E-state index contributed by atoms with van der Waals surface area (Å²) in [5.41, 5.74) is 0. The van der Waals surface area contributed by atoms with Gasteiger partial charge < -0.3 is 14.4 Å². The molecule has 3 heterocycles. The molecule has 3 aliphatic rings. The SMILES string of the molecule is C1COC2(CCN(c3nnc(C4CC4)s3)CC2)O1. The number of rotatable bonds is 2. The Balaban J connectivity index is 1.43. The Hall–Kier alpha value is -0.720. The van der Waals surface area contributed by atoms with Crippen LogP contribution in [0.4, 0.5) is 5.13 Å². The standard InChI is InChI=1S/C12H17N3O2S/c1-2-9(1)10-13-14-11(18-10)15-5-3-12(4-6-15)16-7-8-17-12/h9H,1-8H2. The molecule has 2 aliphatic heterocycles. The Bertz CT molecular complexity index is 430. The van der Waals surface area contributed by atoms with E-state index < -0.39 is 0 Å². The first-order valence-electron chi connectivity index (χ1n) is 6.71. The molecule has 0 bridgehead atoms. The van der Waals surface area contributed by atoms with Gasteiger partial charge in [0.25, 0.3) is 0 Å². The minimum atomic E-state index is -0.291. The maximum Gasteiger partial charge on any atom is 0.208 e. The zero-order valence-electron chi connectivity index (χ0n) is 10.3. The molecule has 4 rings (SSSR count). The van der Waals surface area contributed by atoms with Crippen molar-refractivity contribution >= 4 is 16.5 Å². The number of anilines is 1. The fraction of sp³-hybridized carbons (Fsp3) is 0.833. The molecule has 5 nitrogen and oxygen atoms in total. The fourth-order valence-electron chi connectivity index (χ4n) is 2.67. The van der Waals surface area contributed by atoms with Crippen molar-refractivity contribution < 1.29 is 9.47 Å². The largest absolute Gasteiger partial charge is 0.347 e. The van der Waals surface area contributed by atoms with Gasteiger partial charge in [-0.3, -0.25) is 0 Å². The second-order valence-corrected chi connectivity index (χ2v) is 6.28. The third-order valence-corrected chi connectivity index (χ3v) is 5.11. The summed E-state index contributed by atoms with van der Waals surface area (Å²) in [4.78, 5) is 2.32. The van der Waals surface area contributed by atoms with Gasteiger partial charge >= 0.3 is 0 Å². The molecule has 0 amide bonds. The number of piperidine rings is 1. The van der Waals surface area contributed by atoms with E-state index >= 15 is 0 Å². The minimum Gasteiger partial charge on any atom is -0.347 e. The van der Waals surface area contributed by atoms with Crippen molar-refractivity contribution in [3.8, 4) is 0 Å². The van der Waals surface area contributed by atoms with Crippen molar-refractivity contribution in [3.63, 3.8) is 0 Å². The lowest BCUT2D eigenvalue weighted by Gasteiger charge is -2.37. The molecular weight excluding hydrogens is 250 g/mol. The summed E-state index contributed by atoms with van der Waals surface area (Å²) in [6.45, 7) is 3.40. The Morgan fingerprint density at radius 2 is 1.83 bits per heavy atom. The molecule has 6 heteroatoms. The van der Waals surface area contributed by atoms with E-state index in [1.807, 2.05) is 0 Å². The quantitative estimate of drug-likeness (QED) is 0.817. The maximum absolute atomic E-state index is 5.74. The van der Waals surface area contributed by atoms with Crippen LogP contribution in [0.25, 0.3) is 0 Å². The molecule has 0 atom stereocenters. The Kier molecular flexibility index (Phi) is 2.56. The van der Waals surface area contributed by atoms with E-state index in [9.17, 15) is 0 Å². The molecule has 3 fully saturated rings. The lowest BCUT2D eigenvalue weighted by Crippen LogP contribution is -2.45. The molecular formula is C12H17N3O2S. The monoisotopic (exact) mass is 267 g/mol. The van der Waals surface area contributed by atoms with Crippen LogP contribution in [0.1, 0.15) is 36.6 Å². The number of hydrogen-bond donors (Lipinski definition) is 0. The summed E-state index contributed by atoms with van der Waals surface area (Å²) in [5.74, 6) is 0.412. The highest BCUT2D eigenvalue weighted by Crippen LogP contribution is 2.43. The Morgan fingerprint density at radius 3 is 2.50 bits per heavy atom. The van der Waals surface area contributed by atoms with E-state index in [1.165, 1.54) is 17.8 Å². The average molecular weight is 267 g/mol. The molecule has 18 heavy (non-hydrogen) atoms. The van der Waals surface area contributed by atoms with Crippen LogP contribution in [0.2, 0.25) is 0 Å². The number of hydrogen-bond acceptors (Lipinski definition) is 6. The lowest BCUT2D eigenvalue weighted by atomic mass is 10.0. The first-order valence-corrected chi connectivity index (χ1v) is 7.53.